The molecule has 0 heterocycles. The van der Waals surface area contributed by atoms with E-state index < -0.39 is 6.10 Å². The van der Waals surface area contributed by atoms with Crippen LogP contribution >= 0.6 is 15.9 Å². The highest BCUT2D eigenvalue weighted by atomic mass is 79.9. The number of aliphatic hydroxyl groups is 2. The lowest BCUT2D eigenvalue weighted by Crippen LogP contribution is -1.95. The number of hydrogen-bond donors (Lipinski definition) is 2. The molecule has 0 saturated heterocycles. The summed E-state index contributed by atoms with van der Waals surface area (Å²) in [5, 5.41) is 19.6. The topological polar surface area (TPSA) is 49.7 Å². The van der Waals surface area contributed by atoms with Crippen molar-refractivity contribution < 1.29 is 14.9 Å². The van der Waals surface area contributed by atoms with E-state index >= 15 is 0 Å². The first-order chi connectivity index (χ1) is 10.2. The van der Waals surface area contributed by atoms with E-state index in [-0.39, 0.29) is 6.61 Å². The minimum atomic E-state index is -0.714. The molecule has 1 unspecified atom stereocenters. The largest absolute Gasteiger partial charge is 0.497 e. The molecule has 0 aliphatic carbocycles. The van der Waals surface area contributed by atoms with Crippen molar-refractivity contribution in [3.05, 3.63) is 69.7 Å². The zero-order valence-corrected chi connectivity index (χ0v) is 13.2. The van der Waals surface area contributed by atoms with E-state index in [0.717, 1.165) is 21.2 Å². The van der Waals surface area contributed by atoms with Gasteiger partial charge in [-0.05, 0) is 34.9 Å². The molecule has 0 aliphatic rings. The van der Waals surface area contributed by atoms with Gasteiger partial charge in [0.05, 0.1) is 19.8 Å². The summed E-state index contributed by atoms with van der Waals surface area (Å²) >= 11 is 3.42. The van der Waals surface area contributed by atoms with E-state index in [1.807, 2.05) is 36.4 Å². The number of methoxy groups -OCH3 is 1. The summed E-state index contributed by atoms with van der Waals surface area (Å²) < 4.78 is 5.99. The maximum absolute atomic E-state index is 10.2. The number of aliphatic hydroxyl groups excluding tert-OH is 2. The Morgan fingerprint density at radius 3 is 2.67 bits per heavy atom. The third kappa shape index (κ3) is 3.94. The molecular formula is C17H17BrO3. The predicted molar refractivity (Wildman–Crippen MR) is 87.1 cm³/mol. The van der Waals surface area contributed by atoms with E-state index in [1.165, 1.54) is 0 Å². The molecule has 4 heteroatoms. The van der Waals surface area contributed by atoms with Crippen LogP contribution in [0.2, 0.25) is 0 Å². The van der Waals surface area contributed by atoms with Crippen LogP contribution in [0.15, 0.2) is 53.0 Å². The van der Waals surface area contributed by atoms with Crippen LogP contribution in [0.3, 0.4) is 0 Å². The zero-order valence-electron chi connectivity index (χ0n) is 11.7. The highest BCUT2D eigenvalue weighted by Gasteiger charge is 2.07. The summed E-state index contributed by atoms with van der Waals surface area (Å²) in [7, 11) is 1.59. The van der Waals surface area contributed by atoms with Crippen LogP contribution in [0.4, 0.5) is 0 Å². The number of halogens is 1. The zero-order chi connectivity index (χ0) is 15.2. The second-order valence-electron chi connectivity index (χ2n) is 4.55. The van der Waals surface area contributed by atoms with Crippen molar-refractivity contribution >= 4 is 22.0 Å². The van der Waals surface area contributed by atoms with Gasteiger partial charge in [0.2, 0.25) is 0 Å². The molecule has 2 rings (SSSR count). The second kappa shape index (κ2) is 7.41. The van der Waals surface area contributed by atoms with Gasteiger partial charge in [-0.25, -0.2) is 0 Å². The standard InChI is InChI=1S/C17H17BrO3/c1-21-14-8-6-12(13(10-14)11-19)7-9-17(20)15-4-2-3-5-16(15)18/h2-10,17,19-20H,11H2,1H3/b9-7+. The molecular weight excluding hydrogens is 332 g/mol. The molecule has 0 aliphatic heterocycles. The summed E-state index contributed by atoms with van der Waals surface area (Å²) in [6.45, 7) is -0.0813. The van der Waals surface area contributed by atoms with Crippen LogP contribution in [0.1, 0.15) is 22.8 Å². The fourth-order valence-corrected chi connectivity index (χ4v) is 2.54. The molecule has 2 aromatic carbocycles. The van der Waals surface area contributed by atoms with Gasteiger partial charge in [-0.1, -0.05) is 52.3 Å². The number of benzene rings is 2. The molecule has 0 aromatic heterocycles. The predicted octanol–water partition coefficient (Wildman–Crippen LogP) is 3.70. The van der Waals surface area contributed by atoms with Crippen molar-refractivity contribution in [1.82, 2.24) is 0 Å². The maximum atomic E-state index is 10.2. The lowest BCUT2D eigenvalue weighted by atomic mass is 10.0. The van der Waals surface area contributed by atoms with Gasteiger partial charge < -0.3 is 14.9 Å². The highest BCUT2D eigenvalue weighted by Crippen LogP contribution is 2.25. The van der Waals surface area contributed by atoms with Crippen molar-refractivity contribution in [2.45, 2.75) is 12.7 Å². The van der Waals surface area contributed by atoms with E-state index in [4.69, 9.17) is 4.74 Å². The molecule has 3 nitrogen and oxygen atoms in total. The van der Waals surface area contributed by atoms with Gasteiger partial charge in [0.25, 0.3) is 0 Å². The Labute approximate surface area is 132 Å². The Morgan fingerprint density at radius 1 is 1.24 bits per heavy atom. The first kappa shape index (κ1) is 15.8. The number of hydrogen-bond acceptors (Lipinski definition) is 3. The van der Waals surface area contributed by atoms with Crippen LogP contribution in [-0.2, 0) is 6.61 Å². The summed E-state index contributed by atoms with van der Waals surface area (Å²) in [4.78, 5) is 0. The fourth-order valence-electron chi connectivity index (χ4n) is 2.02. The lowest BCUT2D eigenvalue weighted by molar-refractivity contribution is 0.228. The molecule has 2 aromatic rings. The van der Waals surface area contributed by atoms with Crippen LogP contribution in [0.5, 0.6) is 5.75 Å². The Hall–Kier alpha value is -1.62. The first-order valence-electron chi connectivity index (χ1n) is 6.54. The molecule has 0 spiro atoms. The van der Waals surface area contributed by atoms with Crippen LogP contribution in [0, 0.1) is 0 Å². The molecule has 0 saturated carbocycles. The Morgan fingerprint density at radius 2 is 2.00 bits per heavy atom. The van der Waals surface area contributed by atoms with Gasteiger partial charge >= 0.3 is 0 Å². The molecule has 0 bridgehead atoms. The lowest BCUT2D eigenvalue weighted by Gasteiger charge is -2.09. The van der Waals surface area contributed by atoms with E-state index in [0.29, 0.717) is 5.75 Å². The Bertz CT molecular complexity index is 638. The molecule has 0 amide bonds. The number of rotatable bonds is 5. The van der Waals surface area contributed by atoms with Crippen LogP contribution in [0.25, 0.3) is 6.08 Å². The van der Waals surface area contributed by atoms with Gasteiger partial charge in [-0.15, -0.1) is 0 Å². The minimum Gasteiger partial charge on any atom is -0.497 e. The summed E-state index contributed by atoms with van der Waals surface area (Å²) in [5.41, 5.74) is 2.40. The summed E-state index contributed by atoms with van der Waals surface area (Å²) in [6, 6.07) is 13.0. The third-order valence-corrected chi connectivity index (χ3v) is 3.92. The quantitative estimate of drug-likeness (QED) is 0.866. The molecule has 110 valence electrons. The van der Waals surface area contributed by atoms with Crippen LogP contribution in [-0.4, -0.2) is 17.3 Å². The first-order valence-corrected chi connectivity index (χ1v) is 7.33. The average molecular weight is 349 g/mol. The summed E-state index contributed by atoms with van der Waals surface area (Å²) in [6.07, 6.45) is 2.78. The molecule has 1 atom stereocenters. The van der Waals surface area contributed by atoms with E-state index in [9.17, 15) is 10.2 Å². The van der Waals surface area contributed by atoms with Crippen LogP contribution < -0.4 is 4.74 Å². The molecule has 2 N–H and O–H groups in total. The van der Waals surface area contributed by atoms with Gasteiger partial charge in [0.1, 0.15) is 5.75 Å². The van der Waals surface area contributed by atoms with Crippen molar-refractivity contribution in [3.63, 3.8) is 0 Å². The summed E-state index contributed by atoms with van der Waals surface area (Å²) in [5.74, 6) is 0.697. The van der Waals surface area contributed by atoms with Gasteiger partial charge in [0, 0.05) is 4.47 Å². The second-order valence-corrected chi connectivity index (χ2v) is 5.40. The van der Waals surface area contributed by atoms with E-state index in [2.05, 4.69) is 15.9 Å². The maximum Gasteiger partial charge on any atom is 0.119 e. The van der Waals surface area contributed by atoms with E-state index in [1.54, 1.807) is 25.3 Å². The fraction of sp³-hybridized carbons (Fsp3) is 0.176. The molecule has 0 radical (unpaired) electrons. The third-order valence-electron chi connectivity index (χ3n) is 3.20. The van der Waals surface area contributed by atoms with Gasteiger partial charge in [0.15, 0.2) is 0 Å². The highest BCUT2D eigenvalue weighted by molar-refractivity contribution is 9.10. The van der Waals surface area contributed by atoms with Crippen molar-refractivity contribution in [3.8, 4) is 5.75 Å². The van der Waals surface area contributed by atoms with Crippen molar-refractivity contribution in [2.24, 2.45) is 0 Å². The average Bonchev–Trinajstić information content (AvgIpc) is 2.52. The SMILES string of the molecule is COc1ccc(/C=C/C(O)c2ccccc2Br)c(CO)c1. The normalized spacial score (nSPS) is 12.6. The Kier molecular flexibility index (Phi) is 5.56. The van der Waals surface area contributed by atoms with Gasteiger partial charge in [-0.2, -0.15) is 0 Å². The van der Waals surface area contributed by atoms with Gasteiger partial charge in [-0.3, -0.25) is 0 Å². The number of ether oxygens (including phenoxy) is 1. The smallest absolute Gasteiger partial charge is 0.119 e. The molecule has 21 heavy (non-hydrogen) atoms. The molecule has 0 fully saturated rings. The minimum absolute atomic E-state index is 0.0813. The monoisotopic (exact) mass is 348 g/mol. The Balaban J connectivity index is 2.23. The van der Waals surface area contributed by atoms with Crippen molar-refractivity contribution in [1.29, 1.82) is 0 Å². The van der Waals surface area contributed by atoms with Crippen molar-refractivity contribution in [2.75, 3.05) is 7.11 Å².